The van der Waals surface area contributed by atoms with E-state index >= 15 is 0 Å². The maximum Gasteiger partial charge on any atom is 0.143 e. The summed E-state index contributed by atoms with van der Waals surface area (Å²) in [6, 6.07) is 0. The van der Waals surface area contributed by atoms with Crippen molar-refractivity contribution >= 4 is 27.4 Å². The van der Waals surface area contributed by atoms with Crippen LogP contribution in [0.2, 0.25) is 0 Å². The first-order valence-electron chi connectivity index (χ1n) is 5.79. The third-order valence-corrected chi connectivity index (χ3v) is 4.09. The van der Waals surface area contributed by atoms with Crippen LogP contribution in [0, 0.1) is 12.8 Å². The molecule has 1 saturated carbocycles. The molecule has 1 heterocycles. The first kappa shape index (κ1) is 11.7. The van der Waals surface area contributed by atoms with Gasteiger partial charge < -0.3 is 10.6 Å². The minimum Gasteiger partial charge on any atom is -0.397 e. The molecule has 3 nitrogen and oxygen atoms in total. The van der Waals surface area contributed by atoms with Gasteiger partial charge in [0.25, 0.3) is 0 Å². The molecule has 2 N–H and O–H groups in total. The highest BCUT2D eigenvalue weighted by molar-refractivity contribution is 9.10. The van der Waals surface area contributed by atoms with Crippen LogP contribution in [-0.4, -0.2) is 18.1 Å². The average molecular weight is 284 g/mol. The smallest absolute Gasteiger partial charge is 0.143 e. The molecule has 2 rings (SSSR count). The molecular weight excluding hydrogens is 266 g/mol. The van der Waals surface area contributed by atoms with E-state index < -0.39 is 0 Å². The monoisotopic (exact) mass is 283 g/mol. The minimum absolute atomic E-state index is 0.748. The Morgan fingerprint density at radius 2 is 2.25 bits per heavy atom. The van der Waals surface area contributed by atoms with Gasteiger partial charge in [-0.2, -0.15) is 0 Å². The Hall–Kier alpha value is -0.770. The standard InChI is InChI=1S/C12H18BrN3/c1-3-16(7-9-4-5-9)12-11(13)8(2)10(14)6-15-12/h6,9H,3-5,7,14H2,1-2H3. The molecule has 1 fully saturated rings. The first-order chi connectivity index (χ1) is 7.63. The van der Waals surface area contributed by atoms with Crippen molar-refractivity contribution in [1.82, 2.24) is 4.98 Å². The van der Waals surface area contributed by atoms with Gasteiger partial charge in [-0.25, -0.2) is 4.98 Å². The van der Waals surface area contributed by atoms with Gasteiger partial charge in [-0.3, -0.25) is 0 Å². The molecule has 0 radical (unpaired) electrons. The fourth-order valence-corrected chi connectivity index (χ4v) is 2.36. The molecule has 1 aromatic heterocycles. The van der Waals surface area contributed by atoms with Crippen LogP contribution >= 0.6 is 15.9 Å². The number of aromatic nitrogens is 1. The van der Waals surface area contributed by atoms with Gasteiger partial charge in [0.1, 0.15) is 5.82 Å². The van der Waals surface area contributed by atoms with Gasteiger partial charge in [0.15, 0.2) is 0 Å². The molecule has 0 unspecified atom stereocenters. The van der Waals surface area contributed by atoms with Crippen molar-refractivity contribution in [2.24, 2.45) is 5.92 Å². The van der Waals surface area contributed by atoms with E-state index in [0.29, 0.717) is 0 Å². The topological polar surface area (TPSA) is 42.2 Å². The van der Waals surface area contributed by atoms with Crippen molar-refractivity contribution in [2.45, 2.75) is 26.7 Å². The lowest BCUT2D eigenvalue weighted by atomic mass is 10.2. The predicted octanol–water partition coefficient (Wildman–Crippen LogP) is 2.97. The molecule has 4 heteroatoms. The molecule has 1 aliphatic rings. The summed E-state index contributed by atoms with van der Waals surface area (Å²) in [5.41, 5.74) is 7.66. The molecule has 88 valence electrons. The molecule has 1 aliphatic carbocycles. The molecule has 0 amide bonds. The summed E-state index contributed by atoms with van der Waals surface area (Å²) in [7, 11) is 0. The van der Waals surface area contributed by atoms with E-state index in [-0.39, 0.29) is 0 Å². The molecule has 16 heavy (non-hydrogen) atoms. The number of nitrogens with zero attached hydrogens (tertiary/aromatic N) is 2. The van der Waals surface area contributed by atoms with Crippen LogP contribution < -0.4 is 10.6 Å². The maximum absolute atomic E-state index is 5.83. The predicted molar refractivity (Wildman–Crippen MR) is 71.7 cm³/mol. The van der Waals surface area contributed by atoms with Gasteiger partial charge in [-0.1, -0.05) is 0 Å². The molecule has 0 spiro atoms. The van der Waals surface area contributed by atoms with Crippen LogP contribution in [0.15, 0.2) is 10.7 Å². The number of anilines is 2. The van der Waals surface area contributed by atoms with E-state index in [1.807, 2.05) is 6.92 Å². The Morgan fingerprint density at radius 3 is 2.81 bits per heavy atom. The number of hydrogen-bond donors (Lipinski definition) is 1. The summed E-state index contributed by atoms with van der Waals surface area (Å²) < 4.78 is 1.04. The van der Waals surface area contributed by atoms with E-state index in [1.165, 1.54) is 12.8 Å². The van der Waals surface area contributed by atoms with E-state index in [9.17, 15) is 0 Å². The van der Waals surface area contributed by atoms with Crippen LogP contribution in [0.25, 0.3) is 0 Å². The van der Waals surface area contributed by atoms with E-state index in [4.69, 9.17) is 5.73 Å². The second-order valence-electron chi connectivity index (χ2n) is 4.46. The molecule has 0 atom stereocenters. The van der Waals surface area contributed by atoms with Gasteiger partial charge in [-0.05, 0) is 54.1 Å². The van der Waals surface area contributed by atoms with Crippen molar-refractivity contribution in [3.63, 3.8) is 0 Å². The van der Waals surface area contributed by atoms with Crippen LogP contribution in [0.5, 0.6) is 0 Å². The number of rotatable bonds is 4. The van der Waals surface area contributed by atoms with Crippen LogP contribution in [0.1, 0.15) is 25.3 Å². The maximum atomic E-state index is 5.83. The summed E-state index contributed by atoms with van der Waals surface area (Å²) in [5.74, 6) is 1.90. The Kier molecular flexibility index (Phi) is 3.38. The number of nitrogen functional groups attached to an aromatic ring is 1. The van der Waals surface area contributed by atoms with E-state index in [1.54, 1.807) is 6.20 Å². The van der Waals surface area contributed by atoms with Crippen molar-refractivity contribution < 1.29 is 0 Å². The third kappa shape index (κ3) is 2.32. The van der Waals surface area contributed by atoms with Crippen LogP contribution in [0.4, 0.5) is 11.5 Å². The van der Waals surface area contributed by atoms with Gasteiger partial charge in [0, 0.05) is 13.1 Å². The highest BCUT2D eigenvalue weighted by Crippen LogP contribution is 2.34. The highest BCUT2D eigenvalue weighted by atomic mass is 79.9. The van der Waals surface area contributed by atoms with E-state index in [2.05, 4.69) is 32.7 Å². The number of nitrogens with two attached hydrogens (primary N) is 1. The van der Waals surface area contributed by atoms with Gasteiger partial charge in [0.2, 0.25) is 0 Å². The van der Waals surface area contributed by atoms with Gasteiger partial charge >= 0.3 is 0 Å². The number of hydrogen-bond acceptors (Lipinski definition) is 3. The summed E-state index contributed by atoms with van der Waals surface area (Å²) in [5, 5.41) is 0. The van der Waals surface area contributed by atoms with Crippen molar-refractivity contribution in [3.05, 3.63) is 16.2 Å². The molecule has 0 bridgehead atoms. The fraction of sp³-hybridized carbons (Fsp3) is 0.583. The van der Waals surface area contributed by atoms with Gasteiger partial charge in [-0.15, -0.1) is 0 Å². The lowest BCUT2D eigenvalue weighted by Crippen LogP contribution is -2.26. The van der Waals surface area contributed by atoms with Crippen LogP contribution in [0.3, 0.4) is 0 Å². The zero-order valence-electron chi connectivity index (χ0n) is 9.83. The zero-order valence-corrected chi connectivity index (χ0v) is 11.4. The lowest BCUT2D eigenvalue weighted by Gasteiger charge is -2.24. The Morgan fingerprint density at radius 1 is 1.56 bits per heavy atom. The third-order valence-electron chi connectivity index (χ3n) is 3.14. The minimum atomic E-state index is 0.748. The lowest BCUT2D eigenvalue weighted by molar-refractivity contribution is 0.730. The summed E-state index contributed by atoms with van der Waals surface area (Å²) >= 11 is 3.60. The number of pyridine rings is 1. The number of halogens is 1. The molecular formula is C12H18BrN3. The van der Waals surface area contributed by atoms with Crippen molar-refractivity contribution in [3.8, 4) is 0 Å². The molecule has 0 saturated heterocycles. The Bertz CT molecular complexity index is 388. The largest absolute Gasteiger partial charge is 0.397 e. The Balaban J connectivity index is 2.26. The average Bonchev–Trinajstić information content (AvgIpc) is 3.07. The second kappa shape index (κ2) is 4.62. The summed E-state index contributed by atoms with van der Waals surface area (Å²) in [6.45, 7) is 6.30. The summed E-state index contributed by atoms with van der Waals surface area (Å²) in [6.07, 6.45) is 4.48. The molecule has 0 aromatic carbocycles. The first-order valence-corrected chi connectivity index (χ1v) is 6.58. The summed E-state index contributed by atoms with van der Waals surface area (Å²) in [4.78, 5) is 6.77. The second-order valence-corrected chi connectivity index (χ2v) is 5.25. The molecule has 0 aliphatic heterocycles. The Labute approximate surface area is 105 Å². The van der Waals surface area contributed by atoms with E-state index in [0.717, 1.165) is 40.5 Å². The van der Waals surface area contributed by atoms with Crippen molar-refractivity contribution in [2.75, 3.05) is 23.7 Å². The van der Waals surface area contributed by atoms with Crippen molar-refractivity contribution in [1.29, 1.82) is 0 Å². The highest BCUT2D eigenvalue weighted by Gasteiger charge is 2.25. The normalized spacial score (nSPS) is 15.2. The SMILES string of the molecule is CCN(CC1CC1)c1ncc(N)c(C)c1Br. The molecule has 1 aromatic rings. The zero-order chi connectivity index (χ0) is 11.7. The fourth-order valence-electron chi connectivity index (χ4n) is 1.78. The van der Waals surface area contributed by atoms with Gasteiger partial charge in [0.05, 0.1) is 16.4 Å². The quantitative estimate of drug-likeness (QED) is 0.924. The van der Waals surface area contributed by atoms with Crippen LogP contribution in [-0.2, 0) is 0 Å².